The number of nitro benzene ring substituents is 1. The van der Waals surface area contributed by atoms with Gasteiger partial charge in [-0.25, -0.2) is 4.79 Å². The maximum Gasteiger partial charge on any atom is 0.322 e. The average Bonchev–Trinajstić information content (AvgIpc) is 3.13. The molecule has 7 nitrogen and oxygen atoms in total. The van der Waals surface area contributed by atoms with Crippen molar-refractivity contribution in [3.63, 3.8) is 0 Å². The SMILES string of the molecule is COc1ccc(C2CCCN2C(=O)Nc2ccc(Cl)c([N+](=O)[O-])c2)cc1. The Labute approximate surface area is 155 Å². The van der Waals surface area contributed by atoms with Gasteiger partial charge in [0, 0.05) is 18.3 Å². The highest BCUT2D eigenvalue weighted by Crippen LogP contribution is 2.34. The fourth-order valence-electron chi connectivity index (χ4n) is 3.11. The zero-order chi connectivity index (χ0) is 18.7. The van der Waals surface area contributed by atoms with E-state index in [9.17, 15) is 14.9 Å². The van der Waals surface area contributed by atoms with E-state index in [1.54, 1.807) is 18.1 Å². The summed E-state index contributed by atoms with van der Waals surface area (Å²) in [6, 6.07) is 11.5. The van der Waals surface area contributed by atoms with Crippen molar-refractivity contribution in [2.24, 2.45) is 0 Å². The number of amides is 2. The van der Waals surface area contributed by atoms with Gasteiger partial charge in [-0.1, -0.05) is 23.7 Å². The van der Waals surface area contributed by atoms with E-state index in [0.29, 0.717) is 12.2 Å². The second-order valence-electron chi connectivity index (χ2n) is 5.98. The summed E-state index contributed by atoms with van der Waals surface area (Å²) in [6.07, 6.45) is 1.76. The second-order valence-corrected chi connectivity index (χ2v) is 6.39. The molecular weight excluding hydrogens is 358 g/mol. The van der Waals surface area contributed by atoms with Gasteiger partial charge in [-0.3, -0.25) is 10.1 Å². The minimum atomic E-state index is -0.575. The standard InChI is InChI=1S/C18H18ClN3O4/c1-26-14-7-4-12(5-8-14)16-3-2-10-21(16)18(23)20-13-6-9-15(19)17(11-13)22(24)25/h4-9,11,16H,2-3,10H2,1H3,(H,20,23). The number of rotatable bonds is 4. The van der Waals surface area contributed by atoms with Crippen LogP contribution in [0.3, 0.4) is 0 Å². The van der Waals surface area contributed by atoms with Gasteiger partial charge < -0.3 is 15.0 Å². The summed E-state index contributed by atoms with van der Waals surface area (Å²) in [5.41, 5.74) is 1.13. The van der Waals surface area contributed by atoms with E-state index >= 15 is 0 Å². The van der Waals surface area contributed by atoms with Gasteiger partial charge in [-0.2, -0.15) is 0 Å². The molecule has 1 aliphatic rings. The summed E-state index contributed by atoms with van der Waals surface area (Å²) in [6.45, 7) is 0.623. The van der Waals surface area contributed by atoms with Crippen LogP contribution in [0.15, 0.2) is 42.5 Å². The lowest BCUT2D eigenvalue weighted by Gasteiger charge is -2.25. The molecule has 0 radical (unpaired) electrons. The molecule has 8 heteroatoms. The molecule has 3 rings (SSSR count). The number of anilines is 1. The third-order valence-electron chi connectivity index (χ3n) is 4.41. The van der Waals surface area contributed by atoms with Crippen molar-refractivity contribution in [1.82, 2.24) is 4.90 Å². The summed E-state index contributed by atoms with van der Waals surface area (Å²) in [4.78, 5) is 24.8. The molecule has 2 aromatic rings. The lowest BCUT2D eigenvalue weighted by atomic mass is 10.0. The lowest BCUT2D eigenvalue weighted by Crippen LogP contribution is -2.34. The first-order chi connectivity index (χ1) is 12.5. The number of urea groups is 1. The molecular formula is C18H18ClN3O4. The minimum absolute atomic E-state index is 0.0327. The zero-order valence-electron chi connectivity index (χ0n) is 14.1. The Morgan fingerprint density at radius 1 is 1.31 bits per heavy atom. The number of methoxy groups -OCH3 is 1. The highest BCUT2D eigenvalue weighted by molar-refractivity contribution is 6.32. The maximum atomic E-state index is 12.7. The van der Waals surface area contributed by atoms with Gasteiger partial charge in [-0.05, 0) is 42.7 Å². The van der Waals surface area contributed by atoms with Gasteiger partial charge in [0.1, 0.15) is 10.8 Å². The van der Waals surface area contributed by atoms with E-state index in [1.165, 1.54) is 12.1 Å². The molecule has 1 heterocycles. The third-order valence-corrected chi connectivity index (χ3v) is 4.73. The average molecular weight is 376 g/mol. The van der Waals surface area contributed by atoms with Crippen molar-refractivity contribution in [1.29, 1.82) is 0 Å². The number of nitrogens with zero attached hydrogens (tertiary/aromatic N) is 2. The zero-order valence-corrected chi connectivity index (χ0v) is 14.9. The van der Waals surface area contributed by atoms with Crippen molar-refractivity contribution in [2.75, 3.05) is 19.0 Å². The highest BCUT2D eigenvalue weighted by atomic mass is 35.5. The molecule has 0 aromatic heterocycles. The van der Waals surface area contributed by atoms with Crippen molar-refractivity contribution in [3.05, 3.63) is 63.2 Å². The smallest absolute Gasteiger partial charge is 0.322 e. The molecule has 2 amide bonds. The van der Waals surface area contributed by atoms with E-state index in [1.807, 2.05) is 24.3 Å². The number of hydrogen-bond donors (Lipinski definition) is 1. The van der Waals surface area contributed by atoms with Gasteiger partial charge in [0.25, 0.3) is 5.69 Å². The molecule has 0 aliphatic carbocycles. The number of hydrogen-bond acceptors (Lipinski definition) is 4. The van der Waals surface area contributed by atoms with Gasteiger partial charge in [0.05, 0.1) is 18.1 Å². The molecule has 1 unspecified atom stereocenters. The number of benzene rings is 2. The molecule has 2 aromatic carbocycles. The Hall–Kier alpha value is -2.80. The lowest BCUT2D eigenvalue weighted by molar-refractivity contribution is -0.384. The summed E-state index contributed by atoms with van der Waals surface area (Å²) in [5.74, 6) is 0.760. The first-order valence-corrected chi connectivity index (χ1v) is 8.53. The number of carbonyl (C=O) groups excluding carboxylic acids is 1. The molecule has 26 heavy (non-hydrogen) atoms. The van der Waals surface area contributed by atoms with Crippen molar-refractivity contribution >= 4 is 29.0 Å². The highest BCUT2D eigenvalue weighted by Gasteiger charge is 2.30. The number of likely N-dealkylation sites (tertiary alicyclic amines) is 1. The van der Waals surface area contributed by atoms with Crippen LogP contribution >= 0.6 is 11.6 Å². The van der Waals surface area contributed by atoms with Crippen molar-refractivity contribution in [2.45, 2.75) is 18.9 Å². The van der Waals surface area contributed by atoms with Crippen LogP contribution in [0.5, 0.6) is 5.75 Å². The van der Waals surface area contributed by atoms with Crippen LogP contribution in [0, 0.1) is 10.1 Å². The van der Waals surface area contributed by atoms with Crippen molar-refractivity contribution in [3.8, 4) is 5.75 Å². The molecule has 136 valence electrons. The Balaban J connectivity index is 1.76. The van der Waals surface area contributed by atoms with E-state index in [0.717, 1.165) is 24.2 Å². The molecule has 0 spiro atoms. The normalized spacial score (nSPS) is 16.4. The quantitative estimate of drug-likeness (QED) is 0.623. The van der Waals surface area contributed by atoms with Crippen LogP contribution in [0.1, 0.15) is 24.4 Å². The number of carbonyl (C=O) groups is 1. The van der Waals surface area contributed by atoms with Gasteiger partial charge in [-0.15, -0.1) is 0 Å². The number of ether oxygens (including phenoxy) is 1. The largest absolute Gasteiger partial charge is 0.497 e. The molecule has 1 saturated heterocycles. The summed E-state index contributed by atoms with van der Waals surface area (Å²) in [7, 11) is 1.61. The molecule has 1 N–H and O–H groups in total. The van der Waals surface area contributed by atoms with Gasteiger partial charge >= 0.3 is 6.03 Å². The summed E-state index contributed by atoms with van der Waals surface area (Å²) >= 11 is 5.81. The first kappa shape index (κ1) is 18.0. The monoisotopic (exact) mass is 375 g/mol. The van der Waals surface area contributed by atoms with E-state index in [-0.39, 0.29) is 22.8 Å². The van der Waals surface area contributed by atoms with Crippen LogP contribution in [0.4, 0.5) is 16.2 Å². The number of nitrogens with one attached hydrogen (secondary N) is 1. The third kappa shape index (κ3) is 3.72. The second kappa shape index (κ2) is 7.61. The number of halogens is 1. The van der Waals surface area contributed by atoms with Crippen LogP contribution in [0.2, 0.25) is 5.02 Å². The fraction of sp³-hybridized carbons (Fsp3) is 0.278. The van der Waals surface area contributed by atoms with E-state index in [4.69, 9.17) is 16.3 Å². The van der Waals surface area contributed by atoms with Crippen LogP contribution < -0.4 is 10.1 Å². The molecule has 0 bridgehead atoms. The summed E-state index contributed by atoms with van der Waals surface area (Å²) in [5, 5.41) is 13.8. The molecule has 1 fully saturated rings. The topological polar surface area (TPSA) is 84.7 Å². The van der Waals surface area contributed by atoms with E-state index < -0.39 is 4.92 Å². The van der Waals surface area contributed by atoms with Crippen molar-refractivity contribution < 1.29 is 14.5 Å². The predicted molar refractivity (Wildman–Crippen MR) is 98.8 cm³/mol. The van der Waals surface area contributed by atoms with Crippen LogP contribution in [-0.2, 0) is 0 Å². The predicted octanol–water partition coefficient (Wildman–Crippen LogP) is 4.63. The summed E-state index contributed by atoms with van der Waals surface area (Å²) < 4.78 is 5.17. The Morgan fingerprint density at radius 2 is 2.04 bits per heavy atom. The molecule has 1 atom stereocenters. The Kier molecular flexibility index (Phi) is 5.27. The van der Waals surface area contributed by atoms with E-state index in [2.05, 4.69) is 5.32 Å². The Bertz CT molecular complexity index is 826. The van der Waals surface area contributed by atoms with Crippen LogP contribution in [-0.4, -0.2) is 29.5 Å². The molecule has 1 aliphatic heterocycles. The number of nitro groups is 1. The fourth-order valence-corrected chi connectivity index (χ4v) is 3.29. The maximum absolute atomic E-state index is 12.7. The minimum Gasteiger partial charge on any atom is -0.497 e. The Morgan fingerprint density at radius 3 is 2.69 bits per heavy atom. The van der Waals surface area contributed by atoms with Gasteiger partial charge in [0.15, 0.2) is 0 Å². The molecule has 0 saturated carbocycles. The first-order valence-electron chi connectivity index (χ1n) is 8.15. The van der Waals surface area contributed by atoms with Crippen LogP contribution in [0.25, 0.3) is 0 Å². The van der Waals surface area contributed by atoms with Gasteiger partial charge in [0.2, 0.25) is 0 Å².